The van der Waals surface area contributed by atoms with Gasteiger partial charge in [-0.1, -0.05) is 49.7 Å². The second-order valence-electron chi connectivity index (χ2n) is 6.05. The minimum Gasteiger partial charge on any atom is -0.456 e. The summed E-state index contributed by atoms with van der Waals surface area (Å²) in [5.41, 5.74) is 2.18. The summed E-state index contributed by atoms with van der Waals surface area (Å²) in [5.74, 6) is -1.28. The van der Waals surface area contributed by atoms with Crippen LogP contribution in [0.3, 0.4) is 0 Å². The van der Waals surface area contributed by atoms with Crippen LogP contribution in [-0.4, -0.2) is 30.8 Å². The van der Waals surface area contributed by atoms with Crippen LogP contribution in [0.25, 0.3) is 0 Å². The van der Waals surface area contributed by atoms with Crippen LogP contribution in [0.5, 0.6) is 0 Å². The molecule has 0 bridgehead atoms. The zero-order valence-corrected chi connectivity index (χ0v) is 17.3. The number of halogens is 1. The maximum absolute atomic E-state index is 12.1. The molecule has 6 heteroatoms. The Labute approximate surface area is 172 Å². The standard InChI is InChI=1S/C21H22INO4/c1-2-3-6-15-9-11-16(12-10-15)19(24)14-27-20(25)13-23-21(26)17-7-4-5-8-18(17)22/h4-5,7-12H,2-3,6,13-14H2,1H3,(H,23,26). The Morgan fingerprint density at radius 1 is 1.04 bits per heavy atom. The van der Waals surface area contributed by atoms with Gasteiger partial charge in [0, 0.05) is 9.13 Å². The topological polar surface area (TPSA) is 72.5 Å². The van der Waals surface area contributed by atoms with Gasteiger partial charge in [-0.05, 0) is 53.1 Å². The summed E-state index contributed by atoms with van der Waals surface area (Å²) in [6.07, 6.45) is 3.22. The van der Waals surface area contributed by atoms with Gasteiger partial charge in [-0.15, -0.1) is 0 Å². The molecule has 0 saturated carbocycles. The lowest BCUT2D eigenvalue weighted by Crippen LogP contribution is -2.31. The molecule has 0 aliphatic carbocycles. The summed E-state index contributed by atoms with van der Waals surface area (Å²) in [7, 11) is 0. The summed E-state index contributed by atoms with van der Waals surface area (Å²) in [6.45, 7) is 1.51. The number of benzene rings is 2. The van der Waals surface area contributed by atoms with Crippen molar-refractivity contribution in [1.82, 2.24) is 5.32 Å². The third kappa shape index (κ3) is 6.78. The van der Waals surface area contributed by atoms with Crippen molar-refractivity contribution in [1.29, 1.82) is 0 Å². The first-order valence-electron chi connectivity index (χ1n) is 8.81. The highest BCUT2D eigenvalue weighted by Gasteiger charge is 2.13. The van der Waals surface area contributed by atoms with Crippen LogP contribution < -0.4 is 5.32 Å². The van der Waals surface area contributed by atoms with Crippen molar-refractivity contribution >= 4 is 40.3 Å². The molecule has 0 aromatic heterocycles. The van der Waals surface area contributed by atoms with Crippen molar-refractivity contribution in [3.63, 3.8) is 0 Å². The van der Waals surface area contributed by atoms with Crippen LogP contribution in [-0.2, 0) is 16.0 Å². The number of hydrogen-bond acceptors (Lipinski definition) is 4. The lowest BCUT2D eigenvalue weighted by atomic mass is 10.0. The van der Waals surface area contributed by atoms with Crippen molar-refractivity contribution in [3.05, 3.63) is 68.8 Å². The minimum atomic E-state index is -0.651. The predicted molar refractivity (Wildman–Crippen MR) is 112 cm³/mol. The minimum absolute atomic E-state index is 0.269. The van der Waals surface area contributed by atoms with E-state index >= 15 is 0 Å². The van der Waals surface area contributed by atoms with Gasteiger partial charge < -0.3 is 10.1 Å². The summed E-state index contributed by atoms with van der Waals surface area (Å²) >= 11 is 2.05. The monoisotopic (exact) mass is 479 g/mol. The molecule has 1 amide bonds. The molecule has 0 spiro atoms. The van der Waals surface area contributed by atoms with Crippen LogP contribution in [0, 0.1) is 3.57 Å². The van der Waals surface area contributed by atoms with Gasteiger partial charge in [-0.25, -0.2) is 0 Å². The third-order valence-electron chi connectivity index (χ3n) is 3.97. The third-order valence-corrected chi connectivity index (χ3v) is 4.91. The van der Waals surface area contributed by atoms with Crippen LogP contribution >= 0.6 is 22.6 Å². The second kappa shape index (κ2) is 10.8. The maximum Gasteiger partial charge on any atom is 0.325 e. The number of nitrogens with one attached hydrogen (secondary N) is 1. The number of Topliss-reactive ketones (excluding diaryl/α,β-unsaturated/α-hetero) is 1. The number of esters is 1. The highest BCUT2D eigenvalue weighted by molar-refractivity contribution is 14.1. The molecule has 2 aromatic carbocycles. The molecule has 0 fully saturated rings. The van der Waals surface area contributed by atoms with E-state index in [1.165, 1.54) is 5.56 Å². The first kappa shape index (κ1) is 21.1. The zero-order chi connectivity index (χ0) is 19.6. The lowest BCUT2D eigenvalue weighted by Gasteiger charge is -2.08. The van der Waals surface area contributed by atoms with E-state index in [1.807, 2.05) is 18.2 Å². The van der Waals surface area contributed by atoms with Crippen molar-refractivity contribution < 1.29 is 19.1 Å². The molecule has 0 unspecified atom stereocenters. The number of ketones is 1. The highest BCUT2D eigenvalue weighted by Crippen LogP contribution is 2.11. The van der Waals surface area contributed by atoms with Gasteiger partial charge in [0.15, 0.2) is 12.4 Å². The Balaban J connectivity index is 1.77. The van der Waals surface area contributed by atoms with E-state index in [2.05, 4.69) is 34.8 Å². The summed E-state index contributed by atoms with van der Waals surface area (Å²) in [5, 5.41) is 2.50. The number of carbonyl (C=O) groups excluding carboxylic acids is 3. The molecule has 0 aliphatic heterocycles. The van der Waals surface area contributed by atoms with Gasteiger partial charge in [-0.3, -0.25) is 14.4 Å². The Bertz CT molecular complexity index is 802. The van der Waals surface area contributed by atoms with Crippen LogP contribution in [0.15, 0.2) is 48.5 Å². The molecule has 142 valence electrons. The largest absolute Gasteiger partial charge is 0.456 e. The van der Waals surface area contributed by atoms with E-state index in [0.717, 1.165) is 22.8 Å². The smallest absolute Gasteiger partial charge is 0.325 e. The summed E-state index contributed by atoms with van der Waals surface area (Å²) in [4.78, 5) is 35.9. The molecule has 0 aliphatic rings. The zero-order valence-electron chi connectivity index (χ0n) is 15.2. The molecule has 0 saturated heterocycles. The van der Waals surface area contributed by atoms with E-state index in [-0.39, 0.29) is 24.8 Å². The molecule has 2 aromatic rings. The lowest BCUT2D eigenvalue weighted by molar-refractivity contribution is -0.141. The van der Waals surface area contributed by atoms with Gasteiger partial charge >= 0.3 is 5.97 Å². The number of ether oxygens (including phenoxy) is 1. The molecular formula is C21H22INO4. The molecule has 2 rings (SSSR count). The SMILES string of the molecule is CCCCc1ccc(C(=O)COC(=O)CNC(=O)c2ccccc2I)cc1. The van der Waals surface area contributed by atoms with Crippen LogP contribution in [0.2, 0.25) is 0 Å². The van der Waals surface area contributed by atoms with E-state index in [9.17, 15) is 14.4 Å². The Hall–Kier alpha value is -2.22. The maximum atomic E-state index is 12.1. The Kier molecular flexibility index (Phi) is 8.44. The highest BCUT2D eigenvalue weighted by atomic mass is 127. The number of amides is 1. The number of unbranched alkanes of at least 4 members (excludes halogenated alkanes) is 1. The quantitative estimate of drug-likeness (QED) is 0.338. The average Bonchev–Trinajstić information content (AvgIpc) is 2.69. The molecule has 0 radical (unpaired) electrons. The molecule has 5 nitrogen and oxygen atoms in total. The van der Waals surface area contributed by atoms with Gasteiger partial charge in [0.05, 0.1) is 5.56 Å². The van der Waals surface area contributed by atoms with Crippen LogP contribution in [0.1, 0.15) is 46.0 Å². The normalized spacial score (nSPS) is 10.3. The van der Waals surface area contributed by atoms with Gasteiger partial charge in [0.1, 0.15) is 6.54 Å². The Morgan fingerprint density at radius 2 is 1.74 bits per heavy atom. The van der Waals surface area contributed by atoms with Gasteiger partial charge in [0.25, 0.3) is 5.91 Å². The fourth-order valence-corrected chi connectivity index (χ4v) is 3.04. The van der Waals surface area contributed by atoms with E-state index in [0.29, 0.717) is 11.1 Å². The molecule has 27 heavy (non-hydrogen) atoms. The number of hydrogen-bond donors (Lipinski definition) is 1. The molecule has 0 heterocycles. The van der Waals surface area contributed by atoms with E-state index < -0.39 is 5.97 Å². The first-order chi connectivity index (χ1) is 13.0. The van der Waals surface area contributed by atoms with Gasteiger partial charge in [-0.2, -0.15) is 0 Å². The van der Waals surface area contributed by atoms with Crippen molar-refractivity contribution in [2.75, 3.05) is 13.2 Å². The van der Waals surface area contributed by atoms with E-state index in [1.54, 1.807) is 30.3 Å². The molecule has 1 N–H and O–H groups in total. The molecule has 0 atom stereocenters. The fraction of sp³-hybridized carbons (Fsp3) is 0.286. The molecular weight excluding hydrogens is 457 g/mol. The Morgan fingerprint density at radius 3 is 2.41 bits per heavy atom. The summed E-state index contributed by atoms with van der Waals surface area (Å²) < 4.78 is 5.76. The van der Waals surface area contributed by atoms with Crippen LogP contribution in [0.4, 0.5) is 0 Å². The van der Waals surface area contributed by atoms with Gasteiger partial charge in [0.2, 0.25) is 0 Å². The summed E-state index contributed by atoms with van der Waals surface area (Å²) in [6, 6.07) is 14.4. The number of aryl methyl sites for hydroxylation is 1. The van der Waals surface area contributed by atoms with Crippen molar-refractivity contribution in [3.8, 4) is 0 Å². The van der Waals surface area contributed by atoms with Crippen molar-refractivity contribution in [2.45, 2.75) is 26.2 Å². The number of rotatable bonds is 9. The van der Waals surface area contributed by atoms with Crippen molar-refractivity contribution in [2.24, 2.45) is 0 Å². The fourth-order valence-electron chi connectivity index (χ4n) is 2.41. The number of carbonyl (C=O) groups is 3. The first-order valence-corrected chi connectivity index (χ1v) is 9.89. The predicted octanol–water partition coefficient (Wildman–Crippen LogP) is 3.79. The average molecular weight is 479 g/mol. The second-order valence-corrected chi connectivity index (χ2v) is 7.21. The van der Waals surface area contributed by atoms with E-state index in [4.69, 9.17) is 4.74 Å².